The van der Waals surface area contributed by atoms with E-state index in [0.717, 1.165) is 30.6 Å². The van der Waals surface area contributed by atoms with E-state index in [1.807, 2.05) is 0 Å². The minimum atomic E-state index is -0.394. The Balaban J connectivity index is 1.79. The van der Waals surface area contributed by atoms with E-state index in [-0.39, 0.29) is 25.0 Å². The lowest BCUT2D eigenvalue weighted by Crippen LogP contribution is -2.28. The molecule has 5 heteroatoms. The van der Waals surface area contributed by atoms with Crippen LogP contribution in [0.5, 0.6) is 0 Å². The van der Waals surface area contributed by atoms with Crippen molar-refractivity contribution >= 4 is 11.9 Å². The van der Waals surface area contributed by atoms with Crippen LogP contribution in [-0.4, -0.2) is 36.9 Å². The molecule has 5 nitrogen and oxygen atoms in total. The summed E-state index contributed by atoms with van der Waals surface area (Å²) in [5.41, 5.74) is 0.380. The van der Waals surface area contributed by atoms with Crippen LogP contribution < -0.4 is 0 Å². The van der Waals surface area contributed by atoms with E-state index < -0.39 is 11.9 Å². The van der Waals surface area contributed by atoms with Gasteiger partial charge in [0, 0.05) is 18.3 Å². The van der Waals surface area contributed by atoms with Gasteiger partial charge in [-0.1, -0.05) is 71.4 Å². The highest BCUT2D eigenvalue weighted by Crippen LogP contribution is 2.43. The van der Waals surface area contributed by atoms with Crippen LogP contribution in [0.15, 0.2) is 24.8 Å². The Bertz CT molecular complexity index is 685. The summed E-state index contributed by atoms with van der Waals surface area (Å²) in [6.07, 6.45) is 20.1. The lowest BCUT2D eigenvalue weighted by atomic mass is 9.67. The molecular formula is C32H54O5. The average Bonchev–Trinajstić information content (AvgIpc) is 2.91. The van der Waals surface area contributed by atoms with E-state index in [1.54, 1.807) is 6.92 Å². The Morgan fingerprint density at radius 1 is 0.946 bits per heavy atom. The molecule has 0 aromatic carbocycles. The van der Waals surface area contributed by atoms with Crippen LogP contribution in [0.2, 0.25) is 0 Å². The third-order valence-electron chi connectivity index (χ3n) is 8.99. The number of ether oxygens (including phenoxy) is 2. The average molecular weight is 519 g/mol. The van der Waals surface area contributed by atoms with Crippen molar-refractivity contribution in [1.82, 2.24) is 0 Å². The van der Waals surface area contributed by atoms with Gasteiger partial charge in [0.2, 0.25) is 0 Å². The maximum atomic E-state index is 11.7. The number of hydrogen-bond donors (Lipinski definition) is 1. The molecule has 37 heavy (non-hydrogen) atoms. The van der Waals surface area contributed by atoms with Crippen LogP contribution in [0.1, 0.15) is 110 Å². The van der Waals surface area contributed by atoms with Crippen molar-refractivity contribution < 1.29 is 24.2 Å². The van der Waals surface area contributed by atoms with Gasteiger partial charge in [0.1, 0.15) is 0 Å². The number of carbonyl (C=O) groups excluding carboxylic acids is 2. The van der Waals surface area contributed by atoms with E-state index in [9.17, 15) is 14.7 Å². The van der Waals surface area contributed by atoms with Crippen LogP contribution in [-0.2, 0) is 19.1 Å². The predicted molar refractivity (Wildman–Crippen MR) is 150 cm³/mol. The van der Waals surface area contributed by atoms with Crippen LogP contribution in [0.4, 0.5) is 0 Å². The summed E-state index contributed by atoms with van der Waals surface area (Å²) >= 11 is 0. The largest absolute Gasteiger partial charge is 0.462 e. The Morgan fingerprint density at radius 3 is 2.11 bits per heavy atom. The van der Waals surface area contributed by atoms with Crippen molar-refractivity contribution in [2.24, 2.45) is 35.5 Å². The molecule has 0 radical (unpaired) electrons. The highest BCUT2D eigenvalue weighted by molar-refractivity contribution is 5.86. The zero-order valence-electron chi connectivity index (χ0n) is 23.8. The maximum Gasteiger partial charge on any atom is 0.333 e. The van der Waals surface area contributed by atoms with Gasteiger partial charge in [-0.3, -0.25) is 0 Å². The second-order valence-electron chi connectivity index (χ2n) is 12.0. The third kappa shape index (κ3) is 12.2. The minimum absolute atomic E-state index is 0.00852. The summed E-state index contributed by atoms with van der Waals surface area (Å²) < 4.78 is 10.7. The molecule has 0 aromatic rings. The van der Waals surface area contributed by atoms with E-state index in [2.05, 4.69) is 20.1 Å². The maximum absolute atomic E-state index is 11.7. The second-order valence-corrected chi connectivity index (χ2v) is 12.0. The van der Waals surface area contributed by atoms with Crippen molar-refractivity contribution in [2.45, 2.75) is 110 Å². The van der Waals surface area contributed by atoms with E-state index in [4.69, 9.17) is 9.47 Å². The number of carbonyl (C=O) groups is 2. The van der Waals surface area contributed by atoms with Crippen molar-refractivity contribution in [3.05, 3.63) is 24.8 Å². The van der Waals surface area contributed by atoms with Crippen LogP contribution >= 0.6 is 0 Å². The molecule has 0 aromatic heterocycles. The zero-order valence-corrected chi connectivity index (χ0v) is 23.8. The topological polar surface area (TPSA) is 72.8 Å². The highest BCUT2D eigenvalue weighted by Gasteiger charge is 2.32. The van der Waals surface area contributed by atoms with Crippen molar-refractivity contribution in [1.29, 1.82) is 0 Å². The molecule has 2 fully saturated rings. The first kappa shape index (κ1) is 31.6. The molecule has 0 bridgehead atoms. The number of rotatable bonds is 17. The monoisotopic (exact) mass is 518 g/mol. The van der Waals surface area contributed by atoms with Gasteiger partial charge in [-0.05, 0) is 87.4 Å². The van der Waals surface area contributed by atoms with Crippen molar-refractivity contribution in [2.75, 3.05) is 19.8 Å². The normalized spacial score (nSPS) is 25.6. The lowest BCUT2D eigenvalue weighted by molar-refractivity contribution is -0.141. The molecule has 0 spiro atoms. The molecule has 2 unspecified atom stereocenters. The number of unbranched alkanes of at least 4 members (excludes halogenated alkanes) is 2. The Morgan fingerprint density at radius 2 is 1.57 bits per heavy atom. The van der Waals surface area contributed by atoms with Gasteiger partial charge in [-0.2, -0.15) is 0 Å². The number of aliphatic hydroxyl groups is 1. The zero-order chi connectivity index (χ0) is 27.0. The van der Waals surface area contributed by atoms with Crippen LogP contribution in [0.3, 0.4) is 0 Å². The first-order valence-electron chi connectivity index (χ1n) is 15.1. The number of esters is 2. The molecule has 0 aliphatic heterocycles. The molecule has 2 rings (SSSR count). The van der Waals surface area contributed by atoms with Gasteiger partial charge in [-0.15, -0.1) is 0 Å². The number of aliphatic hydroxyl groups excluding tert-OH is 1. The lowest BCUT2D eigenvalue weighted by Gasteiger charge is -2.38. The molecule has 0 saturated heterocycles. The predicted octanol–water partition coefficient (Wildman–Crippen LogP) is 7.42. The minimum Gasteiger partial charge on any atom is -0.462 e. The first-order valence-corrected chi connectivity index (χ1v) is 15.1. The molecule has 0 heterocycles. The van der Waals surface area contributed by atoms with Gasteiger partial charge in [0.25, 0.3) is 0 Å². The molecule has 2 atom stereocenters. The van der Waals surface area contributed by atoms with Crippen LogP contribution in [0, 0.1) is 35.5 Å². The molecule has 0 amide bonds. The van der Waals surface area contributed by atoms with Gasteiger partial charge < -0.3 is 14.6 Å². The Hall–Kier alpha value is -1.62. The third-order valence-corrected chi connectivity index (χ3v) is 8.99. The second kappa shape index (κ2) is 17.8. The smallest absolute Gasteiger partial charge is 0.333 e. The fourth-order valence-corrected chi connectivity index (χ4v) is 6.69. The molecule has 2 aliphatic carbocycles. The SMILES string of the molecule is C=CC(=O)OCC(CC(CO)CCOC(=O)C(=C)C)CC1CCC(C2CCC(CCCCC)CC2)CC1. The summed E-state index contributed by atoms with van der Waals surface area (Å²) in [5.74, 6) is 2.85. The number of hydrogen-bond acceptors (Lipinski definition) is 5. The van der Waals surface area contributed by atoms with Gasteiger partial charge in [0.15, 0.2) is 0 Å². The summed E-state index contributed by atoms with van der Waals surface area (Å²) in [5, 5.41) is 9.95. The van der Waals surface area contributed by atoms with E-state index >= 15 is 0 Å². The van der Waals surface area contributed by atoms with E-state index in [1.165, 1.54) is 83.1 Å². The first-order chi connectivity index (χ1) is 17.9. The quantitative estimate of drug-likeness (QED) is 0.123. The van der Waals surface area contributed by atoms with Crippen molar-refractivity contribution in [3.63, 3.8) is 0 Å². The molecule has 1 N–H and O–H groups in total. The molecular weight excluding hydrogens is 464 g/mol. The fourth-order valence-electron chi connectivity index (χ4n) is 6.69. The Labute approximate surface area is 226 Å². The summed E-state index contributed by atoms with van der Waals surface area (Å²) in [7, 11) is 0. The molecule has 2 aliphatic rings. The van der Waals surface area contributed by atoms with Gasteiger partial charge in [0.05, 0.1) is 13.2 Å². The summed E-state index contributed by atoms with van der Waals surface area (Å²) in [6.45, 7) is 11.7. The highest BCUT2D eigenvalue weighted by atomic mass is 16.5. The standard InChI is InChI=1S/C32H54O5/c1-5-7-8-9-25-10-14-29(15-11-25)30-16-12-26(13-17-30)20-28(23-37-31(34)6-2)21-27(22-33)18-19-36-32(35)24(3)4/h6,25-30,33H,2-3,5,7-23H2,1,4H3. The summed E-state index contributed by atoms with van der Waals surface area (Å²) in [4.78, 5) is 23.4. The molecule has 212 valence electrons. The fraction of sp³-hybridized carbons (Fsp3) is 0.812. The molecule has 2 saturated carbocycles. The van der Waals surface area contributed by atoms with Crippen molar-refractivity contribution in [3.8, 4) is 0 Å². The Kier molecular flexibility index (Phi) is 15.2. The summed E-state index contributed by atoms with van der Waals surface area (Å²) in [6, 6.07) is 0. The van der Waals surface area contributed by atoms with Gasteiger partial charge >= 0.3 is 11.9 Å². The van der Waals surface area contributed by atoms with Gasteiger partial charge in [-0.25, -0.2) is 9.59 Å². The van der Waals surface area contributed by atoms with E-state index in [0.29, 0.717) is 24.5 Å². The van der Waals surface area contributed by atoms with Crippen LogP contribution in [0.25, 0.3) is 0 Å².